The Morgan fingerprint density at radius 2 is 1.50 bits per heavy atom. The van der Waals surface area contributed by atoms with Gasteiger partial charge in [0.2, 0.25) is 0 Å². The normalized spacial score (nSPS) is 10.9. The first kappa shape index (κ1) is 15.3. The van der Waals surface area contributed by atoms with Gasteiger partial charge >= 0.3 is 6.95 Å². The van der Waals surface area contributed by atoms with E-state index < -0.39 is 6.95 Å². The van der Waals surface area contributed by atoms with Crippen molar-refractivity contribution in [2.45, 2.75) is 26.7 Å². The second-order valence-electron chi connectivity index (χ2n) is 2.10. The lowest BCUT2D eigenvalue weighted by Crippen LogP contribution is -1.92. The molecule has 0 aliphatic rings. The molecule has 0 spiro atoms. The summed E-state index contributed by atoms with van der Waals surface area (Å²) in [4.78, 5) is 0. The van der Waals surface area contributed by atoms with Gasteiger partial charge in [0.25, 0.3) is 0 Å². The fourth-order valence-corrected chi connectivity index (χ4v) is 1.73. The van der Waals surface area contributed by atoms with Crippen molar-refractivity contribution < 1.29 is 13.6 Å². The first-order chi connectivity index (χ1) is 5.12. The zero-order valence-electron chi connectivity index (χ0n) is 7.59. The molecule has 0 saturated heterocycles. The van der Waals surface area contributed by atoms with Gasteiger partial charge in [-0.1, -0.05) is 13.8 Å². The molecular weight excluding hydrogens is 217 g/mol. The van der Waals surface area contributed by atoms with Crippen LogP contribution in [-0.4, -0.2) is 13.2 Å². The van der Waals surface area contributed by atoms with Gasteiger partial charge < -0.3 is 0 Å². The summed E-state index contributed by atoms with van der Waals surface area (Å²) in [6, 6.07) is 0. The first-order valence-electron chi connectivity index (χ1n) is 3.71. The van der Waals surface area contributed by atoms with Crippen molar-refractivity contribution in [3.05, 3.63) is 0 Å². The van der Waals surface area contributed by atoms with Crippen LogP contribution in [0, 0.1) is 0 Å². The fraction of sp³-hybridized carbons (Fsp3) is 1.00. The molecule has 0 aromatic rings. The lowest BCUT2D eigenvalue weighted by molar-refractivity contribution is 0.219. The minimum atomic E-state index is -3.25. The third-order valence-electron chi connectivity index (χ3n) is 0.899. The van der Waals surface area contributed by atoms with Crippen molar-refractivity contribution in [1.82, 2.24) is 0 Å². The van der Waals surface area contributed by atoms with Crippen LogP contribution in [-0.2, 0) is 13.6 Å². The number of hydrogen-bond donors (Lipinski definition) is 0. The van der Waals surface area contributed by atoms with E-state index in [1.54, 1.807) is 0 Å². The van der Waals surface area contributed by atoms with Gasteiger partial charge in [-0.25, -0.2) is 4.57 Å². The highest BCUT2D eigenvalue weighted by atomic mass is 35.7. The highest BCUT2D eigenvalue weighted by molar-refractivity contribution is 7.81. The quantitative estimate of drug-likeness (QED) is 0.662. The summed E-state index contributed by atoms with van der Waals surface area (Å²) in [7, 11) is 0. The lowest BCUT2D eigenvalue weighted by atomic mass is 10.5. The summed E-state index contributed by atoms with van der Waals surface area (Å²) in [6.07, 6.45) is 1.57. The van der Waals surface area contributed by atoms with Crippen LogP contribution in [0.2, 0.25) is 0 Å². The summed E-state index contributed by atoms with van der Waals surface area (Å²) >= 11 is 5.40. The van der Waals surface area contributed by atoms with E-state index in [2.05, 4.69) is 0 Å². The highest BCUT2D eigenvalue weighted by Crippen LogP contribution is 2.53. The zero-order chi connectivity index (χ0) is 8.74. The van der Waals surface area contributed by atoms with Crippen LogP contribution in [0.5, 0.6) is 0 Å². The van der Waals surface area contributed by atoms with Crippen molar-refractivity contribution >= 4 is 28.1 Å². The van der Waals surface area contributed by atoms with Crippen molar-refractivity contribution in [1.29, 1.82) is 0 Å². The van der Waals surface area contributed by atoms with Gasteiger partial charge in [-0.2, -0.15) is 9.90 Å². The van der Waals surface area contributed by atoms with Crippen LogP contribution < -0.4 is 0 Å². The molecular formula is C6H17ClO3P2. The van der Waals surface area contributed by atoms with Crippen molar-refractivity contribution in [3.63, 3.8) is 0 Å². The van der Waals surface area contributed by atoms with Crippen molar-refractivity contribution in [2.24, 2.45) is 0 Å². The Labute approximate surface area is 82.1 Å². The molecule has 3 nitrogen and oxygen atoms in total. The lowest BCUT2D eigenvalue weighted by Gasteiger charge is -2.09. The topological polar surface area (TPSA) is 35.5 Å². The second kappa shape index (κ2) is 8.47. The molecule has 0 N–H and O–H groups in total. The van der Waals surface area contributed by atoms with E-state index >= 15 is 0 Å². The Morgan fingerprint density at radius 3 is 1.75 bits per heavy atom. The van der Waals surface area contributed by atoms with E-state index in [0.29, 0.717) is 13.2 Å². The number of halogens is 1. The molecule has 0 heterocycles. The van der Waals surface area contributed by atoms with E-state index in [-0.39, 0.29) is 9.90 Å². The van der Waals surface area contributed by atoms with E-state index in [0.717, 1.165) is 12.8 Å². The van der Waals surface area contributed by atoms with Crippen LogP contribution in [0.4, 0.5) is 0 Å². The van der Waals surface area contributed by atoms with Gasteiger partial charge in [-0.3, -0.25) is 9.05 Å². The van der Waals surface area contributed by atoms with E-state index in [1.807, 2.05) is 13.8 Å². The molecule has 0 aromatic carbocycles. The molecule has 0 amide bonds. The Balaban J connectivity index is 0. The fourth-order valence-electron chi connectivity index (χ4n) is 0.438. The monoisotopic (exact) mass is 234 g/mol. The van der Waals surface area contributed by atoms with Gasteiger partial charge in [0.1, 0.15) is 0 Å². The largest absolute Gasteiger partial charge is 0.424 e. The maximum absolute atomic E-state index is 11.1. The Bertz CT molecular complexity index is 131. The minimum Gasteiger partial charge on any atom is -0.297 e. The third-order valence-corrected chi connectivity index (χ3v) is 2.47. The standard InChI is InChI=1S/C6H14ClO3P.H3P/c1-3-5-9-11(7,8)10-6-4-2;/h3-6H2,1-2H3;1H3. The average molecular weight is 235 g/mol. The first-order valence-corrected chi connectivity index (χ1v) is 6.16. The maximum Gasteiger partial charge on any atom is 0.424 e. The smallest absolute Gasteiger partial charge is 0.297 e. The van der Waals surface area contributed by atoms with Crippen molar-refractivity contribution in [3.8, 4) is 0 Å². The Kier molecular flexibility index (Phi) is 10.8. The predicted octanol–water partition coefficient (Wildman–Crippen LogP) is 3.24. The summed E-state index contributed by atoms with van der Waals surface area (Å²) < 4.78 is 20.6. The molecule has 1 atom stereocenters. The Hall–Kier alpha value is 0.870. The maximum atomic E-state index is 11.1. The van der Waals surface area contributed by atoms with E-state index in [9.17, 15) is 4.57 Å². The molecule has 0 aliphatic carbocycles. The third kappa shape index (κ3) is 8.96. The second-order valence-corrected chi connectivity index (χ2v) is 4.72. The van der Waals surface area contributed by atoms with Gasteiger partial charge in [-0.05, 0) is 12.8 Å². The number of rotatable bonds is 6. The highest BCUT2D eigenvalue weighted by Gasteiger charge is 2.18. The summed E-state index contributed by atoms with van der Waals surface area (Å²) in [5, 5.41) is 0. The molecule has 1 unspecified atom stereocenters. The van der Waals surface area contributed by atoms with Gasteiger partial charge in [0.15, 0.2) is 0 Å². The SMILES string of the molecule is CCCOP(=O)(Cl)OCCC.P. The van der Waals surface area contributed by atoms with Crippen LogP contribution in [0.15, 0.2) is 0 Å². The van der Waals surface area contributed by atoms with Gasteiger partial charge in [0, 0.05) is 11.2 Å². The summed E-state index contributed by atoms with van der Waals surface area (Å²) in [5.74, 6) is 0. The van der Waals surface area contributed by atoms with Crippen LogP contribution in [0.3, 0.4) is 0 Å². The van der Waals surface area contributed by atoms with Crippen LogP contribution in [0.1, 0.15) is 26.7 Å². The Morgan fingerprint density at radius 1 is 1.17 bits per heavy atom. The van der Waals surface area contributed by atoms with Crippen LogP contribution in [0.25, 0.3) is 0 Å². The number of hydrogen-bond acceptors (Lipinski definition) is 3. The average Bonchev–Trinajstić information content (AvgIpc) is 1.97. The van der Waals surface area contributed by atoms with Crippen molar-refractivity contribution in [2.75, 3.05) is 13.2 Å². The molecule has 6 heteroatoms. The van der Waals surface area contributed by atoms with E-state index in [1.165, 1.54) is 0 Å². The van der Waals surface area contributed by atoms with E-state index in [4.69, 9.17) is 20.3 Å². The molecule has 12 heavy (non-hydrogen) atoms. The molecule has 76 valence electrons. The zero-order valence-corrected chi connectivity index (χ0v) is 10.7. The molecule has 0 bridgehead atoms. The molecule has 0 saturated carbocycles. The molecule has 0 aliphatic heterocycles. The predicted molar refractivity (Wildman–Crippen MR) is 57.1 cm³/mol. The van der Waals surface area contributed by atoms with Gasteiger partial charge in [-0.15, -0.1) is 0 Å². The minimum absolute atomic E-state index is 0. The molecule has 0 aromatic heterocycles. The summed E-state index contributed by atoms with van der Waals surface area (Å²) in [5.41, 5.74) is 0. The van der Waals surface area contributed by atoms with Crippen LogP contribution >= 0.6 is 28.1 Å². The summed E-state index contributed by atoms with van der Waals surface area (Å²) in [6.45, 7) is 1.33. The van der Waals surface area contributed by atoms with Gasteiger partial charge in [0.05, 0.1) is 13.2 Å². The molecule has 0 rings (SSSR count). The molecule has 0 radical (unpaired) electrons. The molecule has 0 fully saturated rings.